The highest BCUT2D eigenvalue weighted by Crippen LogP contribution is 2.23. The average molecular weight is 334 g/mol. The molecule has 6 heteroatoms. The number of carbonyl (C=O) groups is 1. The van der Waals surface area contributed by atoms with Gasteiger partial charge in [0.05, 0.1) is 0 Å². The lowest BCUT2D eigenvalue weighted by Crippen LogP contribution is -2.43. The molecule has 6 nitrogen and oxygen atoms in total. The Balaban J connectivity index is 1.73. The molecule has 1 aliphatic rings. The lowest BCUT2D eigenvalue weighted by atomic mass is 9.87. The summed E-state index contributed by atoms with van der Waals surface area (Å²) in [7, 11) is 0. The van der Waals surface area contributed by atoms with Gasteiger partial charge in [-0.05, 0) is 57.1 Å². The van der Waals surface area contributed by atoms with Gasteiger partial charge in [-0.3, -0.25) is 0 Å². The molecule has 0 unspecified atom stereocenters. The van der Waals surface area contributed by atoms with Gasteiger partial charge in [-0.2, -0.15) is 0 Å². The molecule has 3 N–H and O–H groups in total. The topological polar surface area (TPSA) is 77.5 Å². The molecule has 0 aliphatic heterocycles. The number of aliphatic hydroxyl groups is 1. The van der Waals surface area contributed by atoms with Gasteiger partial charge >= 0.3 is 6.03 Å². The summed E-state index contributed by atoms with van der Waals surface area (Å²) in [6.07, 6.45) is 5.67. The highest BCUT2D eigenvalue weighted by atomic mass is 16.3. The number of aliphatic hydroxyl groups excluding tert-OH is 1. The van der Waals surface area contributed by atoms with Crippen molar-refractivity contribution in [1.82, 2.24) is 15.6 Å². The monoisotopic (exact) mass is 334 g/mol. The SMILES string of the molecule is CCN(CC)c1ccc(CNC(=O)NC2CCC(CO)CC2)cn1. The molecule has 0 atom stereocenters. The first-order valence-corrected chi connectivity index (χ1v) is 9.01. The van der Waals surface area contributed by atoms with Crippen LogP contribution in [0.4, 0.5) is 10.6 Å². The molecule has 134 valence electrons. The van der Waals surface area contributed by atoms with Crippen molar-refractivity contribution < 1.29 is 9.90 Å². The van der Waals surface area contributed by atoms with Gasteiger partial charge < -0.3 is 20.6 Å². The molecule has 0 saturated heterocycles. The van der Waals surface area contributed by atoms with E-state index in [2.05, 4.69) is 34.4 Å². The van der Waals surface area contributed by atoms with Crippen molar-refractivity contribution in [2.24, 2.45) is 5.92 Å². The molecule has 2 rings (SSSR count). The van der Waals surface area contributed by atoms with Crippen LogP contribution in [-0.2, 0) is 6.54 Å². The molecule has 1 heterocycles. The number of hydrogen-bond acceptors (Lipinski definition) is 4. The van der Waals surface area contributed by atoms with E-state index in [-0.39, 0.29) is 18.7 Å². The summed E-state index contributed by atoms with van der Waals surface area (Å²) in [5.74, 6) is 1.37. The summed E-state index contributed by atoms with van der Waals surface area (Å²) in [6, 6.07) is 4.09. The lowest BCUT2D eigenvalue weighted by molar-refractivity contribution is 0.174. The van der Waals surface area contributed by atoms with E-state index in [4.69, 9.17) is 5.11 Å². The van der Waals surface area contributed by atoms with Crippen LogP contribution < -0.4 is 15.5 Å². The number of amides is 2. The van der Waals surface area contributed by atoms with Crippen molar-refractivity contribution in [3.63, 3.8) is 0 Å². The number of anilines is 1. The van der Waals surface area contributed by atoms with Crippen LogP contribution in [0.3, 0.4) is 0 Å². The number of urea groups is 1. The van der Waals surface area contributed by atoms with E-state index in [0.29, 0.717) is 12.5 Å². The van der Waals surface area contributed by atoms with Crippen LogP contribution in [0, 0.1) is 5.92 Å². The number of aromatic nitrogens is 1. The molecule has 1 aromatic heterocycles. The third-order valence-electron chi connectivity index (χ3n) is 4.79. The molecule has 1 aromatic rings. The van der Waals surface area contributed by atoms with Gasteiger partial charge in [-0.15, -0.1) is 0 Å². The first-order chi connectivity index (χ1) is 11.7. The van der Waals surface area contributed by atoms with Crippen LogP contribution in [0.1, 0.15) is 45.1 Å². The normalized spacial score (nSPS) is 20.5. The zero-order valence-corrected chi connectivity index (χ0v) is 14.8. The first-order valence-electron chi connectivity index (χ1n) is 9.01. The van der Waals surface area contributed by atoms with Crippen LogP contribution in [0.15, 0.2) is 18.3 Å². The van der Waals surface area contributed by atoms with Crippen molar-refractivity contribution >= 4 is 11.8 Å². The third-order valence-corrected chi connectivity index (χ3v) is 4.79. The molecule has 24 heavy (non-hydrogen) atoms. The Morgan fingerprint density at radius 3 is 2.50 bits per heavy atom. The van der Waals surface area contributed by atoms with Crippen molar-refractivity contribution in [1.29, 1.82) is 0 Å². The summed E-state index contributed by atoms with van der Waals surface area (Å²) in [5, 5.41) is 15.1. The van der Waals surface area contributed by atoms with Gasteiger partial charge in [0.2, 0.25) is 0 Å². The molecule has 0 radical (unpaired) electrons. The van der Waals surface area contributed by atoms with Crippen molar-refractivity contribution in [2.75, 3.05) is 24.6 Å². The van der Waals surface area contributed by atoms with E-state index in [1.807, 2.05) is 18.3 Å². The van der Waals surface area contributed by atoms with E-state index >= 15 is 0 Å². The molecule has 2 amide bonds. The Morgan fingerprint density at radius 1 is 1.25 bits per heavy atom. The highest BCUT2D eigenvalue weighted by molar-refractivity contribution is 5.74. The molecule has 1 aliphatic carbocycles. The Kier molecular flexibility index (Phi) is 7.31. The van der Waals surface area contributed by atoms with Crippen molar-refractivity contribution in [3.05, 3.63) is 23.9 Å². The average Bonchev–Trinajstić information content (AvgIpc) is 2.63. The second-order valence-corrected chi connectivity index (χ2v) is 6.42. The third kappa shape index (κ3) is 5.37. The predicted molar refractivity (Wildman–Crippen MR) is 96.0 cm³/mol. The number of nitrogens with one attached hydrogen (secondary N) is 2. The zero-order valence-electron chi connectivity index (χ0n) is 14.8. The minimum absolute atomic E-state index is 0.129. The van der Waals surface area contributed by atoms with Gasteiger partial charge in [0.15, 0.2) is 0 Å². The van der Waals surface area contributed by atoms with Crippen LogP contribution in [0.25, 0.3) is 0 Å². The number of rotatable bonds is 7. The fourth-order valence-corrected chi connectivity index (χ4v) is 3.16. The predicted octanol–water partition coefficient (Wildman–Crippen LogP) is 2.28. The minimum Gasteiger partial charge on any atom is -0.396 e. The highest BCUT2D eigenvalue weighted by Gasteiger charge is 2.21. The van der Waals surface area contributed by atoms with E-state index < -0.39 is 0 Å². The molecular weight excluding hydrogens is 304 g/mol. The number of hydrogen-bond donors (Lipinski definition) is 3. The number of pyridine rings is 1. The Hall–Kier alpha value is -1.82. The standard InChI is InChI=1S/C18H30N4O2/c1-3-22(4-2)17-10-7-15(11-19-17)12-20-18(24)21-16-8-5-14(13-23)6-9-16/h7,10-11,14,16,23H,3-6,8-9,12-13H2,1-2H3,(H2,20,21,24). The second kappa shape index (κ2) is 9.47. The van der Waals surface area contributed by atoms with Gasteiger partial charge in [-0.25, -0.2) is 9.78 Å². The number of carbonyl (C=O) groups excluding carboxylic acids is 1. The number of nitrogens with zero attached hydrogens (tertiary/aromatic N) is 2. The molecule has 1 saturated carbocycles. The fourth-order valence-electron chi connectivity index (χ4n) is 3.16. The smallest absolute Gasteiger partial charge is 0.315 e. The summed E-state index contributed by atoms with van der Waals surface area (Å²) in [4.78, 5) is 18.7. The zero-order chi connectivity index (χ0) is 17.4. The first kappa shape index (κ1) is 18.5. The second-order valence-electron chi connectivity index (χ2n) is 6.42. The van der Waals surface area contributed by atoms with Crippen LogP contribution in [-0.4, -0.2) is 41.9 Å². The van der Waals surface area contributed by atoms with E-state index in [1.54, 1.807) is 0 Å². The van der Waals surface area contributed by atoms with Gasteiger partial charge in [0.25, 0.3) is 0 Å². The molecular formula is C18H30N4O2. The minimum atomic E-state index is -0.129. The van der Waals surface area contributed by atoms with Gasteiger partial charge in [0.1, 0.15) is 5.82 Å². The maximum atomic E-state index is 12.0. The Morgan fingerprint density at radius 2 is 1.96 bits per heavy atom. The lowest BCUT2D eigenvalue weighted by Gasteiger charge is -2.27. The van der Waals surface area contributed by atoms with Gasteiger partial charge in [0, 0.05) is 38.5 Å². The molecule has 0 bridgehead atoms. The van der Waals surface area contributed by atoms with Crippen LogP contribution in [0.2, 0.25) is 0 Å². The van der Waals surface area contributed by atoms with E-state index in [0.717, 1.165) is 50.2 Å². The summed E-state index contributed by atoms with van der Waals surface area (Å²) < 4.78 is 0. The van der Waals surface area contributed by atoms with Crippen molar-refractivity contribution in [3.8, 4) is 0 Å². The quantitative estimate of drug-likeness (QED) is 0.715. The Labute approximate surface area is 144 Å². The van der Waals surface area contributed by atoms with E-state index in [1.165, 1.54) is 0 Å². The van der Waals surface area contributed by atoms with Crippen molar-refractivity contribution in [2.45, 2.75) is 52.1 Å². The van der Waals surface area contributed by atoms with E-state index in [9.17, 15) is 4.79 Å². The summed E-state index contributed by atoms with van der Waals surface area (Å²) in [6.45, 7) is 6.82. The summed E-state index contributed by atoms with van der Waals surface area (Å²) >= 11 is 0. The molecule has 0 spiro atoms. The maximum Gasteiger partial charge on any atom is 0.315 e. The van der Waals surface area contributed by atoms with Gasteiger partial charge in [-0.1, -0.05) is 6.07 Å². The largest absolute Gasteiger partial charge is 0.396 e. The van der Waals surface area contributed by atoms with Crippen LogP contribution >= 0.6 is 0 Å². The molecule has 0 aromatic carbocycles. The fraction of sp³-hybridized carbons (Fsp3) is 0.667. The van der Waals surface area contributed by atoms with Crippen LogP contribution in [0.5, 0.6) is 0 Å². The summed E-state index contributed by atoms with van der Waals surface area (Å²) in [5.41, 5.74) is 0.991. The Bertz CT molecular complexity index is 494. The maximum absolute atomic E-state index is 12.0. The molecule has 1 fully saturated rings.